The summed E-state index contributed by atoms with van der Waals surface area (Å²) in [4.78, 5) is 38.0. The Morgan fingerprint density at radius 3 is 2.37 bits per heavy atom. The maximum atomic E-state index is 15.7. The third-order valence-corrected chi connectivity index (χ3v) is 12.0. The average Bonchev–Trinajstić information content (AvgIpc) is 3.25. The quantitative estimate of drug-likeness (QED) is 0.223. The molecule has 1 saturated heterocycles. The lowest BCUT2D eigenvalue weighted by Gasteiger charge is -2.30. The highest BCUT2D eigenvalue weighted by molar-refractivity contribution is 6.88. The Hall–Kier alpha value is -2.60. The van der Waals surface area contributed by atoms with Crippen LogP contribution in [0.5, 0.6) is 0 Å². The fraction of sp³-hybridized carbons (Fsp3) is 0.593. The SMILES string of the molecule is Cc1cn(C2C[C@H](O)[C@@H](CO)O2)c(=O)n(CCCNC(=O)Cc2ccc([Si](F)(C(C)C)C(C)C)cc2)c1=O. The molecule has 0 saturated carbocycles. The van der Waals surface area contributed by atoms with Crippen LogP contribution in [0.25, 0.3) is 0 Å². The lowest BCUT2D eigenvalue weighted by atomic mass is 10.1. The lowest BCUT2D eigenvalue weighted by molar-refractivity contribution is -0.120. The van der Waals surface area contributed by atoms with Gasteiger partial charge in [-0.3, -0.25) is 18.7 Å². The molecule has 1 fully saturated rings. The van der Waals surface area contributed by atoms with E-state index in [-0.39, 0.29) is 49.5 Å². The molecule has 1 aliphatic rings. The van der Waals surface area contributed by atoms with Crippen molar-refractivity contribution in [2.75, 3.05) is 13.2 Å². The van der Waals surface area contributed by atoms with Gasteiger partial charge < -0.3 is 24.4 Å². The largest absolute Gasteiger partial charge is 0.394 e. The molecule has 1 aromatic carbocycles. The maximum absolute atomic E-state index is 15.7. The Morgan fingerprint density at radius 2 is 1.82 bits per heavy atom. The van der Waals surface area contributed by atoms with Gasteiger partial charge in [-0.2, -0.15) is 0 Å². The molecule has 2 aromatic rings. The van der Waals surface area contributed by atoms with Gasteiger partial charge in [0.15, 0.2) is 0 Å². The molecule has 1 unspecified atom stereocenters. The second-order valence-corrected chi connectivity index (χ2v) is 15.2. The van der Waals surface area contributed by atoms with Gasteiger partial charge in [-0.1, -0.05) is 52.0 Å². The van der Waals surface area contributed by atoms with Crippen molar-refractivity contribution in [2.45, 2.75) is 89.9 Å². The van der Waals surface area contributed by atoms with E-state index in [1.54, 1.807) is 31.2 Å². The first-order valence-corrected chi connectivity index (χ1v) is 15.2. The number of aromatic nitrogens is 2. The fourth-order valence-electron chi connectivity index (χ4n) is 5.14. The molecular formula is C27H40FN3O6Si. The number of aryl methyl sites for hydroxylation is 1. The molecule has 3 N–H and O–H groups in total. The van der Waals surface area contributed by atoms with Crippen LogP contribution in [-0.4, -0.2) is 59.0 Å². The van der Waals surface area contributed by atoms with Gasteiger partial charge in [-0.25, -0.2) is 4.79 Å². The Kier molecular flexibility index (Phi) is 9.85. The first-order chi connectivity index (χ1) is 17.9. The number of ether oxygens (including phenoxy) is 1. The number of aliphatic hydroxyl groups excluding tert-OH is 2. The van der Waals surface area contributed by atoms with Crippen LogP contribution in [0.3, 0.4) is 0 Å². The third kappa shape index (κ3) is 6.33. The van der Waals surface area contributed by atoms with E-state index < -0.39 is 38.1 Å². The van der Waals surface area contributed by atoms with E-state index in [0.29, 0.717) is 12.0 Å². The minimum Gasteiger partial charge on any atom is -0.394 e. The summed E-state index contributed by atoms with van der Waals surface area (Å²) in [6.45, 7) is 9.28. The molecule has 1 aromatic heterocycles. The fourth-order valence-corrected chi connectivity index (χ4v) is 8.48. The first kappa shape index (κ1) is 29.9. The predicted octanol–water partition coefficient (Wildman–Crippen LogP) is 1.65. The van der Waals surface area contributed by atoms with E-state index in [4.69, 9.17) is 4.74 Å². The van der Waals surface area contributed by atoms with Crippen molar-refractivity contribution in [3.63, 3.8) is 0 Å². The van der Waals surface area contributed by atoms with Crippen LogP contribution < -0.4 is 21.8 Å². The second kappa shape index (κ2) is 12.5. The molecule has 9 nitrogen and oxygen atoms in total. The monoisotopic (exact) mass is 549 g/mol. The first-order valence-electron chi connectivity index (χ1n) is 13.2. The summed E-state index contributed by atoms with van der Waals surface area (Å²) in [5.74, 6) is -0.202. The number of halogens is 1. The summed E-state index contributed by atoms with van der Waals surface area (Å²) >= 11 is 0. The normalized spacial score (nSPS) is 19.9. The van der Waals surface area contributed by atoms with Gasteiger partial charge in [-0.15, -0.1) is 0 Å². The van der Waals surface area contributed by atoms with Gasteiger partial charge in [0, 0.05) is 31.3 Å². The molecule has 3 rings (SSSR count). The van der Waals surface area contributed by atoms with E-state index in [0.717, 1.165) is 15.3 Å². The van der Waals surface area contributed by atoms with E-state index in [1.807, 2.05) is 27.7 Å². The Bertz CT molecular complexity index is 1220. The number of hydrogen-bond acceptors (Lipinski definition) is 6. The number of hydrogen-bond donors (Lipinski definition) is 3. The standard InChI is InChI=1S/C27H40FN3O6Si/c1-17(2)38(28,18(3)4)21-9-7-20(8-10-21)13-24(34)29-11-6-12-30-26(35)19(5)15-31(27(30)36)25-14-22(33)23(16-32)37-25/h7-10,15,17-18,22-23,25,32-33H,6,11-14,16H2,1-5H3,(H,29,34)/t22-,23+,25?/m0/s1. The molecule has 3 atom stereocenters. The Labute approximate surface area is 223 Å². The molecule has 1 amide bonds. The summed E-state index contributed by atoms with van der Waals surface area (Å²) in [6, 6.07) is 7.22. The molecule has 210 valence electrons. The zero-order valence-corrected chi connectivity index (χ0v) is 23.8. The third-order valence-electron chi connectivity index (χ3n) is 7.38. The zero-order valence-electron chi connectivity index (χ0n) is 22.8. The van der Waals surface area contributed by atoms with Crippen molar-refractivity contribution in [3.05, 3.63) is 62.4 Å². The number of carbonyl (C=O) groups excluding carboxylic acids is 1. The number of nitrogens with one attached hydrogen (secondary N) is 1. The molecule has 0 bridgehead atoms. The number of amides is 1. The number of nitrogens with zero attached hydrogens (tertiary/aromatic N) is 2. The van der Waals surface area contributed by atoms with Crippen LogP contribution >= 0.6 is 0 Å². The summed E-state index contributed by atoms with van der Waals surface area (Å²) in [6.07, 6.45) is -0.434. The minimum atomic E-state index is -3.12. The van der Waals surface area contributed by atoms with E-state index in [2.05, 4.69) is 5.32 Å². The summed E-state index contributed by atoms with van der Waals surface area (Å²) in [5.41, 5.74) is 0.0434. The van der Waals surface area contributed by atoms with Gasteiger partial charge >= 0.3 is 5.69 Å². The summed E-state index contributed by atoms with van der Waals surface area (Å²) in [7, 11) is -3.12. The molecule has 1 aliphatic heterocycles. The van der Waals surface area contributed by atoms with Crippen LogP contribution in [-0.2, 0) is 22.5 Å². The number of aliphatic hydroxyl groups is 2. The number of carbonyl (C=O) groups is 1. The minimum absolute atomic E-state index is 0.0450. The van der Waals surface area contributed by atoms with Crippen molar-refractivity contribution >= 4 is 19.5 Å². The van der Waals surface area contributed by atoms with Crippen LogP contribution in [0.1, 0.15) is 57.9 Å². The van der Waals surface area contributed by atoms with Gasteiger partial charge in [0.1, 0.15) is 12.3 Å². The number of benzene rings is 1. The lowest BCUT2D eigenvalue weighted by Crippen LogP contribution is -2.49. The van der Waals surface area contributed by atoms with Gasteiger partial charge in [0.2, 0.25) is 5.91 Å². The molecular weight excluding hydrogens is 509 g/mol. The predicted molar refractivity (Wildman–Crippen MR) is 146 cm³/mol. The van der Waals surface area contributed by atoms with Crippen molar-refractivity contribution in [1.82, 2.24) is 14.5 Å². The van der Waals surface area contributed by atoms with E-state index in [1.165, 1.54) is 10.8 Å². The molecule has 0 radical (unpaired) electrons. The second-order valence-electron chi connectivity index (χ2n) is 10.7. The molecule has 38 heavy (non-hydrogen) atoms. The highest BCUT2D eigenvalue weighted by atomic mass is 28.4. The Balaban J connectivity index is 1.58. The van der Waals surface area contributed by atoms with Crippen LogP contribution in [0.4, 0.5) is 4.11 Å². The summed E-state index contributed by atoms with van der Waals surface area (Å²) < 4.78 is 23.7. The van der Waals surface area contributed by atoms with Gasteiger partial charge in [0.05, 0.1) is 19.1 Å². The molecule has 0 aliphatic carbocycles. The van der Waals surface area contributed by atoms with Crippen molar-refractivity contribution in [3.8, 4) is 0 Å². The zero-order chi connectivity index (χ0) is 28.2. The van der Waals surface area contributed by atoms with Gasteiger partial charge in [0.25, 0.3) is 14.0 Å². The average molecular weight is 550 g/mol. The summed E-state index contributed by atoms with van der Waals surface area (Å²) in [5, 5.41) is 22.9. The number of rotatable bonds is 11. The molecule has 0 spiro atoms. The smallest absolute Gasteiger partial charge is 0.333 e. The highest BCUT2D eigenvalue weighted by Gasteiger charge is 2.43. The molecule has 11 heteroatoms. The van der Waals surface area contributed by atoms with Crippen LogP contribution in [0.2, 0.25) is 11.1 Å². The van der Waals surface area contributed by atoms with Crippen LogP contribution in [0.15, 0.2) is 40.1 Å². The van der Waals surface area contributed by atoms with Crippen molar-refractivity contribution in [1.29, 1.82) is 0 Å². The van der Waals surface area contributed by atoms with Crippen LogP contribution in [0, 0.1) is 6.92 Å². The Morgan fingerprint density at radius 1 is 1.18 bits per heavy atom. The topological polar surface area (TPSA) is 123 Å². The van der Waals surface area contributed by atoms with E-state index in [9.17, 15) is 24.6 Å². The molecule has 2 heterocycles. The van der Waals surface area contributed by atoms with Gasteiger partial charge in [-0.05, 0) is 35.2 Å². The maximum Gasteiger partial charge on any atom is 0.333 e. The van der Waals surface area contributed by atoms with Crippen molar-refractivity contribution < 1.29 is 23.9 Å². The highest BCUT2D eigenvalue weighted by Crippen LogP contribution is 2.33. The van der Waals surface area contributed by atoms with E-state index >= 15 is 4.11 Å². The van der Waals surface area contributed by atoms with Crippen molar-refractivity contribution in [2.24, 2.45) is 0 Å².